The molecule has 0 bridgehead atoms. The van der Waals surface area contributed by atoms with E-state index in [4.69, 9.17) is 5.73 Å². The zero-order valence-electron chi connectivity index (χ0n) is 9.73. The molecule has 1 amide bonds. The van der Waals surface area contributed by atoms with Crippen LogP contribution in [0, 0.1) is 0 Å². The monoisotopic (exact) mass is 267 g/mol. The molecule has 100 valence electrons. The molecule has 0 aromatic heterocycles. The number of nitrogens with two attached hydrogens (primary N) is 1. The maximum Gasteiger partial charge on any atom is 0.234 e. The molecule has 0 aromatic carbocycles. The normalized spacial score (nSPS) is 26.2. The topological polar surface area (TPSA) is 92.5 Å². The van der Waals surface area contributed by atoms with Crippen molar-refractivity contribution in [1.29, 1.82) is 0 Å². The first kappa shape index (κ1) is 14.3. The molecule has 0 unspecified atom stereocenters. The Kier molecular flexibility index (Phi) is 4.84. The van der Waals surface area contributed by atoms with E-state index < -0.39 is 28.1 Å². The number of alkyl halides is 1. The number of hydrogen-bond acceptors (Lipinski definition) is 4. The number of hydrogen-bond donors (Lipinski definition) is 2. The van der Waals surface area contributed by atoms with Gasteiger partial charge in [0.1, 0.15) is 6.17 Å². The van der Waals surface area contributed by atoms with E-state index in [0.717, 1.165) is 0 Å². The third kappa shape index (κ3) is 4.21. The van der Waals surface area contributed by atoms with Crippen LogP contribution in [-0.4, -0.2) is 56.8 Å². The Morgan fingerprint density at radius 1 is 1.59 bits per heavy atom. The second-order valence-electron chi connectivity index (χ2n) is 4.04. The molecule has 0 saturated carbocycles. The van der Waals surface area contributed by atoms with Crippen LogP contribution < -0.4 is 10.5 Å². The summed E-state index contributed by atoms with van der Waals surface area (Å²) in [5.41, 5.74) is 5.15. The van der Waals surface area contributed by atoms with Crippen molar-refractivity contribution in [3.63, 3.8) is 0 Å². The minimum absolute atomic E-state index is 0.00200. The van der Waals surface area contributed by atoms with Gasteiger partial charge in [-0.1, -0.05) is 0 Å². The summed E-state index contributed by atoms with van der Waals surface area (Å²) >= 11 is 0. The van der Waals surface area contributed by atoms with Crippen molar-refractivity contribution in [2.45, 2.75) is 25.6 Å². The third-order valence-electron chi connectivity index (χ3n) is 2.78. The number of nitrogens with one attached hydrogen (secondary N) is 1. The second-order valence-corrected chi connectivity index (χ2v) is 6.14. The lowest BCUT2D eigenvalue weighted by Crippen LogP contribution is -2.44. The Labute approximate surface area is 100 Å². The molecule has 0 aliphatic carbocycles. The Bertz CT molecular complexity index is 374. The average Bonchev–Trinajstić information content (AvgIpc) is 2.60. The number of carbonyl (C=O) groups excluding carboxylic acids is 1. The van der Waals surface area contributed by atoms with Crippen molar-refractivity contribution < 1.29 is 17.6 Å². The van der Waals surface area contributed by atoms with Gasteiger partial charge in [-0.3, -0.25) is 9.69 Å². The van der Waals surface area contributed by atoms with Crippen molar-refractivity contribution in [1.82, 2.24) is 9.62 Å². The number of amides is 1. The Hall–Kier alpha value is -0.730. The van der Waals surface area contributed by atoms with Crippen LogP contribution in [0.2, 0.25) is 0 Å². The number of carbonyl (C=O) groups is 1. The van der Waals surface area contributed by atoms with E-state index in [9.17, 15) is 17.6 Å². The van der Waals surface area contributed by atoms with Gasteiger partial charge in [-0.25, -0.2) is 17.5 Å². The molecule has 0 radical (unpaired) electrons. The van der Waals surface area contributed by atoms with Gasteiger partial charge in [0.2, 0.25) is 15.9 Å². The van der Waals surface area contributed by atoms with E-state index in [-0.39, 0.29) is 31.8 Å². The number of likely N-dealkylation sites (tertiary alicyclic amines) is 1. The fraction of sp³-hybridized carbons (Fsp3) is 0.889. The predicted octanol–water partition coefficient (Wildman–Crippen LogP) is -1.18. The molecule has 8 heteroatoms. The van der Waals surface area contributed by atoms with E-state index in [1.54, 1.807) is 4.90 Å². The van der Waals surface area contributed by atoms with E-state index in [2.05, 4.69) is 4.72 Å². The molecule has 0 aromatic rings. The molecule has 1 heterocycles. The largest absolute Gasteiger partial charge is 0.368 e. The van der Waals surface area contributed by atoms with Gasteiger partial charge in [0.05, 0.1) is 11.8 Å². The van der Waals surface area contributed by atoms with Crippen LogP contribution in [0.25, 0.3) is 0 Å². The Morgan fingerprint density at radius 2 is 2.24 bits per heavy atom. The summed E-state index contributed by atoms with van der Waals surface area (Å²) in [6, 6.07) is -0.629. The summed E-state index contributed by atoms with van der Waals surface area (Å²) in [5.74, 6) is -0.568. The molecule has 1 saturated heterocycles. The van der Waals surface area contributed by atoms with Gasteiger partial charge in [0, 0.05) is 26.1 Å². The van der Waals surface area contributed by atoms with E-state index in [1.807, 2.05) is 0 Å². The average molecular weight is 267 g/mol. The van der Waals surface area contributed by atoms with Crippen LogP contribution in [-0.2, 0) is 14.8 Å². The first-order valence-corrected chi connectivity index (χ1v) is 7.15. The molecule has 1 fully saturated rings. The molecule has 1 rings (SSSR count). The molecular weight excluding hydrogens is 249 g/mol. The quantitative estimate of drug-likeness (QED) is 0.634. The lowest BCUT2D eigenvalue weighted by atomic mass is 10.2. The van der Waals surface area contributed by atoms with Gasteiger partial charge in [-0.15, -0.1) is 0 Å². The first-order valence-electron chi connectivity index (χ1n) is 5.50. The van der Waals surface area contributed by atoms with Crippen molar-refractivity contribution in [2.75, 3.05) is 25.4 Å². The molecule has 1 aliphatic heterocycles. The van der Waals surface area contributed by atoms with Gasteiger partial charge in [0.25, 0.3) is 0 Å². The van der Waals surface area contributed by atoms with Crippen LogP contribution in [0.1, 0.15) is 13.3 Å². The molecule has 0 spiro atoms. The predicted molar refractivity (Wildman–Crippen MR) is 61.5 cm³/mol. The molecule has 2 atom stereocenters. The van der Waals surface area contributed by atoms with Crippen molar-refractivity contribution in [2.24, 2.45) is 5.73 Å². The minimum atomic E-state index is -3.25. The maximum absolute atomic E-state index is 13.1. The third-order valence-corrected chi connectivity index (χ3v) is 4.19. The Morgan fingerprint density at radius 3 is 2.76 bits per heavy atom. The SMILES string of the molecule is CCS(=O)(=O)NCCN1C[C@H](F)C[C@H]1C(N)=O. The second kappa shape index (κ2) is 5.74. The standard InChI is InChI=1S/C9H18FN3O3S/c1-2-17(15,16)12-3-4-13-6-7(10)5-8(13)9(11)14/h7-8,12H,2-6H2,1H3,(H2,11,14)/t7-,8+/m1/s1. The van der Waals surface area contributed by atoms with E-state index in [0.29, 0.717) is 0 Å². The van der Waals surface area contributed by atoms with Crippen LogP contribution in [0.3, 0.4) is 0 Å². The highest BCUT2D eigenvalue weighted by molar-refractivity contribution is 7.89. The fourth-order valence-electron chi connectivity index (χ4n) is 1.84. The van der Waals surface area contributed by atoms with Gasteiger partial charge in [-0.2, -0.15) is 0 Å². The number of primary amides is 1. The smallest absolute Gasteiger partial charge is 0.234 e. The highest BCUT2D eigenvalue weighted by Crippen LogP contribution is 2.19. The molecule has 3 N–H and O–H groups in total. The number of rotatable bonds is 6. The van der Waals surface area contributed by atoms with Crippen molar-refractivity contribution in [3.8, 4) is 0 Å². The first-order chi connectivity index (χ1) is 7.85. The van der Waals surface area contributed by atoms with Crippen molar-refractivity contribution >= 4 is 15.9 Å². The lowest BCUT2D eigenvalue weighted by Gasteiger charge is -2.21. The summed E-state index contributed by atoms with van der Waals surface area (Å²) in [6.45, 7) is 2.10. The van der Waals surface area contributed by atoms with E-state index in [1.165, 1.54) is 6.92 Å². The van der Waals surface area contributed by atoms with Gasteiger partial charge in [0.15, 0.2) is 0 Å². The zero-order chi connectivity index (χ0) is 13.1. The van der Waals surface area contributed by atoms with Crippen LogP contribution in [0.15, 0.2) is 0 Å². The van der Waals surface area contributed by atoms with Crippen molar-refractivity contribution in [3.05, 3.63) is 0 Å². The Balaban J connectivity index is 2.43. The summed E-state index contributed by atoms with van der Waals surface area (Å²) in [6.07, 6.45) is -0.981. The number of sulfonamides is 1. The highest BCUT2D eigenvalue weighted by atomic mass is 32.2. The maximum atomic E-state index is 13.1. The minimum Gasteiger partial charge on any atom is -0.368 e. The summed E-state index contributed by atoms with van der Waals surface area (Å²) < 4.78 is 37.8. The lowest BCUT2D eigenvalue weighted by molar-refractivity contribution is -0.122. The van der Waals surface area contributed by atoms with E-state index >= 15 is 0 Å². The number of halogens is 1. The van der Waals surface area contributed by atoms with Crippen LogP contribution >= 0.6 is 0 Å². The molecule has 6 nitrogen and oxygen atoms in total. The van der Waals surface area contributed by atoms with Gasteiger partial charge >= 0.3 is 0 Å². The fourth-order valence-corrected chi connectivity index (χ4v) is 2.44. The number of nitrogens with zero attached hydrogens (tertiary/aromatic N) is 1. The van der Waals surface area contributed by atoms with Gasteiger partial charge < -0.3 is 5.73 Å². The summed E-state index contributed by atoms with van der Waals surface area (Å²) in [4.78, 5) is 12.6. The van der Waals surface area contributed by atoms with Gasteiger partial charge in [-0.05, 0) is 6.92 Å². The van der Waals surface area contributed by atoms with Crippen LogP contribution in [0.4, 0.5) is 4.39 Å². The highest BCUT2D eigenvalue weighted by Gasteiger charge is 2.35. The molecular formula is C9H18FN3O3S. The summed E-state index contributed by atoms with van der Waals surface area (Å²) in [7, 11) is -3.25. The molecule has 1 aliphatic rings. The summed E-state index contributed by atoms with van der Waals surface area (Å²) in [5, 5.41) is 0. The molecule has 17 heavy (non-hydrogen) atoms. The zero-order valence-corrected chi connectivity index (χ0v) is 10.5. The van der Waals surface area contributed by atoms with Crippen LogP contribution in [0.5, 0.6) is 0 Å².